The largest absolute Gasteiger partial charge is 0.317 e. The summed E-state index contributed by atoms with van der Waals surface area (Å²) < 4.78 is 29.4. The van der Waals surface area contributed by atoms with Crippen molar-refractivity contribution >= 4 is 10.2 Å². The summed E-state index contributed by atoms with van der Waals surface area (Å²) in [5.41, 5.74) is -0.0357. The maximum Gasteiger partial charge on any atom is 0.279 e. The SMILES string of the molecule is CCNCC1CCCN(S(=O)(=O)NCC(C)(C)C(C)C)C1. The average molecular weight is 320 g/mol. The van der Waals surface area contributed by atoms with E-state index in [0.717, 1.165) is 25.9 Å². The van der Waals surface area contributed by atoms with Crippen LogP contribution in [0.25, 0.3) is 0 Å². The highest BCUT2D eigenvalue weighted by atomic mass is 32.2. The quantitative estimate of drug-likeness (QED) is 0.717. The summed E-state index contributed by atoms with van der Waals surface area (Å²) in [6.07, 6.45) is 2.06. The van der Waals surface area contributed by atoms with Gasteiger partial charge >= 0.3 is 0 Å². The van der Waals surface area contributed by atoms with Gasteiger partial charge in [-0.2, -0.15) is 12.7 Å². The molecule has 0 radical (unpaired) electrons. The van der Waals surface area contributed by atoms with Gasteiger partial charge in [0.15, 0.2) is 0 Å². The fourth-order valence-corrected chi connectivity index (χ4v) is 3.85. The van der Waals surface area contributed by atoms with Crippen LogP contribution < -0.4 is 10.0 Å². The topological polar surface area (TPSA) is 61.4 Å². The molecular weight excluding hydrogens is 286 g/mol. The van der Waals surface area contributed by atoms with Crippen molar-refractivity contribution in [2.24, 2.45) is 17.3 Å². The molecule has 0 bridgehead atoms. The average Bonchev–Trinajstić information content (AvgIpc) is 2.43. The highest BCUT2D eigenvalue weighted by Gasteiger charge is 2.31. The first kappa shape index (κ1) is 18.9. The zero-order valence-corrected chi connectivity index (χ0v) is 15.1. The van der Waals surface area contributed by atoms with Crippen molar-refractivity contribution < 1.29 is 8.42 Å². The van der Waals surface area contributed by atoms with E-state index in [1.54, 1.807) is 4.31 Å². The van der Waals surface area contributed by atoms with E-state index >= 15 is 0 Å². The van der Waals surface area contributed by atoms with Gasteiger partial charge in [-0.05, 0) is 43.2 Å². The van der Waals surface area contributed by atoms with Crippen LogP contribution >= 0.6 is 0 Å². The minimum Gasteiger partial charge on any atom is -0.317 e. The predicted molar refractivity (Wildman–Crippen MR) is 88.4 cm³/mol. The zero-order chi connectivity index (χ0) is 16.1. The van der Waals surface area contributed by atoms with Crippen LogP contribution in [0.15, 0.2) is 0 Å². The summed E-state index contributed by atoms with van der Waals surface area (Å²) in [5.74, 6) is 0.858. The van der Waals surface area contributed by atoms with Crippen molar-refractivity contribution in [1.29, 1.82) is 0 Å². The Kier molecular flexibility index (Phi) is 7.10. The fraction of sp³-hybridized carbons (Fsp3) is 1.00. The van der Waals surface area contributed by atoms with Crippen molar-refractivity contribution in [3.63, 3.8) is 0 Å². The molecule has 21 heavy (non-hydrogen) atoms. The molecule has 0 aromatic heterocycles. The van der Waals surface area contributed by atoms with E-state index < -0.39 is 10.2 Å². The molecular formula is C15H33N3O2S. The second kappa shape index (κ2) is 7.90. The third-order valence-electron chi connectivity index (χ3n) is 4.78. The molecule has 5 nitrogen and oxygen atoms in total. The van der Waals surface area contributed by atoms with Crippen LogP contribution in [0.4, 0.5) is 0 Å². The molecule has 126 valence electrons. The third kappa shape index (κ3) is 5.85. The lowest BCUT2D eigenvalue weighted by Gasteiger charge is -2.34. The Labute approximate surface area is 131 Å². The molecule has 0 aliphatic carbocycles. The van der Waals surface area contributed by atoms with Crippen LogP contribution in [0.2, 0.25) is 0 Å². The van der Waals surface area contributed by atoms with E-state index in [4.69, 9.17) is 0 Å². The number of nitrogens with one attached hydrogen (secondary N) is 2. The maximum atomic E-state index is 12.5. The molecule has 2 N–H and O–H groups in total. The number of rotatable bonds is 8. The van der Waals surface area contributed by atoms with E-state index in [1.807, 2.05) is 0 Å². The van der Waals surface area contributed by atoms with Crippen molar-refractivity contribution in [3.8, 4) is 0 Å². The van der Waals surface area contributed by atoms with E-state index in [9.17, 15) is 8.42 Å². The third-order valence-corrected chi connectivity index (χ3v) is 6.30. The van der Waals surface area contributed by atoms with Gasteiger partial charge in [0.2, 0.25) is 0 Å². The van der Waals surface area contributed by atoms with Gasteiger partial charge in [-0.25, -0.2) is 4.72 Å². The first-order valence-corrected chi connectivity index (χ1v) is 9.58. The predicted octanol–water partition coefficient (Wildman–Crippen LogP) is 1.82. The Hall–Kier alpha value is -0.170. The second-order valence-electron chi connectivity index (χ2n) is 7.14. The van der Waals surface area contributed by atoms with Gasteiger partial charge in [-0.15, -0.1) is 0 Å². The summed E-state index contributed by atoms with van der Waals surface area (Å²) in [6, 6.07) is 0. The van der Waals surface area contributed by atoms with Crippen molar-refractivity contribution in [1.82, 2.24) is 14.3 Å². The molecule has 1 aliphatic rings. The lowest BCUT2D eigenvalue weighted by Crippen LogP contribution is -2.49. The summed E-state index contributed by atoms with van der Waals surface area (Å²) in [7, 11) is -3.35. The summed E-state index contributed by atoms with van der Waals surface area (Å²) in [5, 5.41) is 3.32. The number of hydrogen-bond donors (Lipinski definition) is 2. The number of nitrogens with zero attached hydrogens (tertiary/aromatic N) is 1. The first-order valence-electron chi connectivity index (χ1n) is 8.14. The monoisotopic (exact) mass is 319 g/mol. The molecule has 1 fully saturated rings. The van der Waals surface area contributed by atoms with Gasteiger partial charge in [0.05, 0.1) is 0 Å². The van der Waals surface area contributed by atoms with Crippen LogP contribution in [0.5, 0.6) is 0 Å². The molecule has 1 aliphatic heterocycles. The van der Waals surface area contributed by atoms with E-state index in [1.165, 1.54) is 0 Å². The Balaban J connectivity index is 2.57. The minimum atomic E-state index is -3.35. The molecule has 1 unspecified atom stereocenters. The maximum absolute atomic E-state index is 12.5. The molecule has 6 heteroatoms. The lowest BCUT2D eigenvalue weighted by molar-refractivity contribution is 0.238. The minimum absolute atomic E-state index is 0.0357. The molecule has 0 aromatic rings. The van der Waals surface area contributed by atoms with Crippen LogP contribution in [0, 0.1) is 17.3 Å². The lowest BCUT2D eigenvalue weighted by atomic mass is 9.81. The van der Waals surface area contributed by atoms with Crippen LogP contribution in [0.1, 0.15) is 47.5 Å². The number of piperidine rings is 1. The van der Waals surface area contributed by atoms with Crippen molar-refractivity contribution in [3.05, 3.63) is 0 Å². The molecule has 0 saturated carbocycles. The molecule has 0 amide bonds. The summed E-state index contributed by atoms with van der Waals surface area (Å²) in [4.78, 5) is 0. The summed E-state index contributed by atoms with van der Waals surface area (Å²) in [6.45, 7) is 14.1. The highest BCUT2D eigenvalue weighted by molar-refractivity contribution is 7.87. The molecule has 1 saturated heterocycles. The Bertz CT molecular complexity index is 407. The summed E-state index contributed by atoms with van der Waals surface area (Å²) >= 11 is 0. The Morgan fingerprint density at radius 2 is 2.00 bits per heavy atom. The van der Waals surface area contributed by atoms with E-state index in [2.05, 4.69) is 44.7 Å². The smallest absolute Gasteiger partial charge is 0.279 e. The molecule has 1 rings (SSSR count). The molecule has 0 aromatic carbocycles. The van der Waals surface area contributed by atoms with Gasteiger partial charge in [0.25, 0.3) is 10.2 Å². The molecule has 1 atom stereocenters. The van der Waals surface area contributed by atoms with Crippen molar-refractivity contribution in [2.75, 3.05) is 32.7 Å². The first-order chi connectivity index (χ1) is 9.69. The van der Waals surface area contributed by atoms with Crippen LogP contribution in [-0.2, 0) is 10.2 Å². The Morgan fingerprint density at radius 1 is 1.33 bits per heavy atom. The van der Waals surface area contributed by atoms with Crippen LogP contribution in [-0.4, -0.2) is 45.4 Å². The Morgan fingerprint density at radius 3 is 2.57 bits per heavy atom. The van der Waals surface area contributed by atoms with E-state index in [-0.39, 0.29) is 5.41 Å². The highest BCUT2D eigenvalue weighted by Crippen LogP contribution is 2.25. The molecule has 0 spiro atoms. The number of hydrogen-bond acceptors (Lipinski definition) is 3. The normalized spacial score (nSPS) is 21.9. The van der Waals surface area contributed by atoms with E-state index in [0.29, 0.717) is 31.5 Å². The molecule has 1 heterocycles. The van der Waals surface area contributed by atoms with Gasteiger partial charge in [0.1, 0.15) is 0 Å². The fourth-order valence-electron chi connectivity index (χ4n) is 2.33. The van der Waals surface area contributed by atoms with Gasteiger partial charge in [0, 0.05) is 19.6 Å². The van der Waals surface area contributed by atoms with Gasteiger partial charge < -0.3 is 5.32 Å². The van der Waals surface area contributed by atoms with Gasteiger partial charge in [-0.1, -0.05) is 34.6 Å². The zero-order valence-electron chi connectivity index (χ0n) is 14.3. The van der Waals surface area contributed by atoms with Crippen LogP contribution in [0.3, 0.4) is 0 Å². The van der Waals surface area contributed by atoms with Gasteiger partial charge in [-0.3, -0.25) is 0 Å². The van der Waals surface area contributed by atoms with Crippen molar-refractivity contribution in [2.45, 2.75) is 47.5 Å². The standard InChI is InChI=1S/C15H33N3O2S/c1-6-16-10-14-8-7-9-18(11-14)21(19,20)17-12-15(4,5)13(2)3/h13-14,16-17H,6-12H2,1-5H3. The second-order valence-corrected chi connectivity index (χ2v) is 8.90.